The van der Waals surface area contributed by atoms with E-state index in [-0.39, 0.29) is 18.6 Å². The van der Waals surface area contributed by atoms with Crippen LogP contribution in [0.3, 0.4) is 0 Å². The summed E-state index contributed by atoms with van der Waals surface area (Å²) < 4.78 is 15.5. The van der Waals surface area contributed by atoms with Gasteiger partial charge in [0.1, 0.15) is 11.7 Å². The number of rotatable bonds is 3. The summed E-state index contributed by atoms with van der Waals surface area (Å²) in [5, 5.41) is 8.70. The standard InChI is InChI=1S/C18H21FN4O/c1-10-16-17(22-21-10)14-6-11-4-2-3-5-12(11)7-15(14)23(18(16)24)9-13(19)8-20/h6-7,13H,2-5,8-9,20H2,1H3,(H,21,22)/t13-/m1/s1. The van der Waals surface area contributed by atoms with Gasteiger partial charge < -0.3 is 10.3 Å². The zero-order chi connectivity index (χ0) is 16.8. The maximum absolute atomic E-state index is 14.0. The zero-order valence-electron chi connectivity index (χ0n) is 13.7. The molecule has 1 atom stereocenters. The minimum atomic E-state index is -1.24. The number of nitrogens with two attached hydrogens (primary N) is 1. The summed E-state index contributed by atoms with van der Waals surface area (Å²) in [6.45, 7) is 1.70. The average molecular weight is 328 g/mol. The highest BCUT2D eigenvalue weighted by molar-refractivity contribution is 6.04. The molecule has 0 unspecified atom stereocenters. The van der Waals surface area contributed by atoms with E-state index in [1.807, 2.05) is 6.92 Å². The summed E-state index contributed by atoms with van der Waals surface area (Å²) in [5.74, 6) is 0. The predicted molar refractivity (Wildman–Crippen MR) is 93.2 cm³/mol. The van der Waals surface area contributed by atoms with Gasteiger partial charge in [-0.2, -0.15) is 5.10 Å². The molecule has 0 bridgehead atoms. The number of alkyl halides is 1. The lowest BCUT2D eigenvalue weighted by molar-refractivity contribution is 0.304. The molecular formula is C18H21FN4O. The average Bonchev–Trinajstić information content (AvgIpc) is 2.99. The first kappa shape index (κ1) is 15.3. The summed E-state index contributed by atoms with van der Waals surface area (Å²) in [6, 6.07) is 4.19. The topological polar surface area (TPSA) is 76.7 Å². The molecule has 1 aliphatic carbocycles. The van der Waals surface area contributed by atoms with E-state index in [2.05, 4.69) is 22.3 Å². The van der Waals surface area contributed by atoms with Crippen LogP contribution in [0, 0.1) is 6.92 Å². The molecular weight excluding hydrogens is 307 g/mol. The van der Waals surface area contributed by atoms with Crippen molar-refractivity contribution in [3.8, 4) is 0 Å². The van der Waals surface area contributed by atoms with Gasteiger partial charge in [0.05, 0.1) is 17.4 Å². The Bertz CT molecular complexity index is 988. The molecule has 0 radical (unpaired) electrons. The fourth-order valence-corrected chi connectivity index (χ4v) is 3.77. The Balaban J connectivity index is 2.10. The molecule has 6 heteroatoms. The molecule has 2 aromatic heterocycles. The van der Waals surface area contributed by atoms with Crippen LogP contribution in [0.25, 0.3) is 21.8 Å². The number of benzene rings is 1. The highest BCUT2D eigenvalue weighted by Gasteiger charge is 2.20. The molecule has 0 saturated heterocycles. The monoisotopic (exact) mass is 328 g/mol. The largest absolute Gasteiger partial charge is 0.328 e. The number of pyridine rings is 1. The zero-order valence-corrected chi connectivity index (χ0v) is 13.7. The molecule has 0 fully saturated rings. The number of hydrogen-bond acceptors (Lipinski definition) is 3. The van der Waals surface area contributed by atoms with Crippen molar-refractivity contribution in [2.45, 2.75) is 45.3 Å². The van der Waals surface area contributed by atoms with Crippen LogP contribution in [0.2, 0.25) is 0 Å². The summed E-state index contributed by atoms with van der Waals surface area (Å²) in [4.78, 5) is 12.9. The van der Waals surface area contributed by atoms with E-state index in [1.54, 1.807) is 0 Å². The highest BCUT2D eigenvalue weighted by Crippen LogP contribution is 2.30. The van der Waals surface area contributed by atoms with Crippen molar-refractivity contribution >= 4 is 21.8 Å². The van der Waals surface area contributed by atoms with Crippen LogP contribution in [0.1, 0.15) is 29.7 Å². The van der Waals surface area contributed by atoms with Gasteiger partial charge in [0.25, 0.3) is 5.56 Å². The minimum Gasteiger partial charge on any atom is -0.328 e. The van der Waals surface area contributed by atoms with Crippen molar-refractivity contribution in [1.29, 1.82) is 0 Å². The van der Waals surface area contributed by atoms with E-state index in [0.717, 1.165) is 30.2 Å². The lowest BCUT2D eigenvalue weighted by Crippen LogP contribution is -2.29. The molecule has 24 heavy (non-hydrogen) atoms. The number of aryl methyl sites for hydroxylation is 3. The van der Waals surface area contributed by atoms with Gasteiger partial charge in [0, 0.05) is 17.6 Å². The van der Waals surface area contributed by atoms with Crippen LogP contribution in [-0.2, 0) is 19.4 Å². The molecule has 3 aromatic rings. The second-order valence-electron chi connectivity index (χ2n) is 6.67. The van der Waals surface area contributed by atoms with E-state index in [4.69, 9.17) is 5.73 Å². The lowest BCUT2D eigenvalue weighted by Gasteiger charge is -2.19. The first-order valence-corrected chi connectivity index (χ1v) is 8.47. The van der Waals surface area contributed by atoms with Crippen LogP contribution >= 0.6 is 0 Å². The summed E-state index contributed by atoms with van der Waals surface area (Å²) in [5.41, 5.74) is 9.97. The number of halogens is 1. The molecule has 3 N–H and O–H groups in total. The van der Waals surface area contributed by atoms with Gasteiger partial charge in [-0.25, -0.2) is 4.39 Å². The Morgan fingerprint density at radius 3 is 2.75 bits per heavy atom. The fraction of sp³-hybridized carbons (Fsp3) is 0.444. The number of hydrogen-bond donors (Lipinski definition) is 2. The Hall–Kier alpha value is -2.21. The third kappa shape index (κ3) is 2.24. The molecule has 1 aromatic carbocycles. The fourth-order valence-electron chi connectivity index (χ4n) is 3.77. The molecule has 5 nitrogen and oxygen atoms in total. The van der Waals surface area contributed by atoms with Crippen molar-refractivity contribution in [2.24, 2.45) is 5.73 Å². The molecule has 2 heterocycles. The quantitative estimate of drug-likeness (QED) is 0.775. The maximum atomic E-state index is 14.0. The first-order chi connectivity index (χ1) is 11.6. The molecule has 126 valence electrons. The maximum Gasteiger partial charge on any atom is 0.262 e. The summed E-state index contributed by atoms with van der Waals surface area (Å²) in [7, 11) is 0. The van der Waals surface area contributed by atoms with Gasteiger partial charge >= 0.3 is 0 Å². The van der Waals surface area contributed by atoms with Gasteiger partial charge in [0.2, 0.25) is 0 Å². The minimum absolute atomic E-state index is 0.0226. The number of aromatic nitrogens is 3. The smallest absolute Gasteiger partial charge is 0.262 e. The van der Waals surface area contributed by atoms with Crippen molar-refractivity contribution < 1.29 is 4.39 Å². The van der Waals surface area contributed by atoms with Crippen LogP contribution < -0.4 is 11.3 Å². The molecule has 1 aliphatic rings. The van der Waals surface area contributed by atoms with E-state index < -0.39 is 6.17 Å². The summed E-state index contributed by atoms with van der Waals surface area (Å²) in [6.07, 6.45) is 3.14. The van der Waals surface area contributed by atoms with Gasteiger partial charge in [0.15, 0.2) is 0 Å². The second kappa shape index (κ2) is 5.70. The Morgan fingerprint density at radius 2 is 2.04 bits per heavy atom. The number of nitrogens with zero attached hydrogens (tertiary/aromatic N) is 2. The van der Waals surface area contributed by atoms with E-state index in [0.29, 0.717) is 16.6 Å². The summed E-state index contributed by atoms with van der Waals surface area (Å²) >= 11 is 0. The highest BCUT2D eigenvalue weighted by atomic mass is 19.1. The molecule has 0 saturated carbocycles. The van der Waals surface area contributed by atoms with Crippen LogP contribution in [0.5, 0.6) is 0 Å². The molecule has 0 aliphatic heterocycles. The second-order valence-corrected chi connectivity index (χ2v) is 6.67. The van der Waals surface area contributed by atoms with Crippen LogP contribution in [0.15, 0.2) is 16.9 Å². The Labute approximate surface area is 138 Å². The number of H-pyrrole nitrogens is 1. The SMILES string of the molecule is Cc1[nH]nc2c1c(=O)n(C[C@H](F)CN)c1cc3c(cc21)CCCC3. The van der Waals surface area contributed by atoms with E-state index in [9.17, 15) is 9.18 Å². The van der Waals surface area contributed by atoms with E-state index in [1.165, 1.54) is 22.1 Å². The van der Waals surface area contributed by atoms with Crippen molar-refractivity contribution in [3.05, 3.63) is 39.3 Å². The third-order valence-corrected chi connectivity index (χ3v) is 5.05. The van der Waals surface area contributed by atoms with Crippen LogP contribution in [0.4, 0.5) is 4.39 Å². The van der Waals surface area contributed by atoms with Gasteiger partial charge in [-0.1, -0.05) is 0 Å². The number of fused-ring (bicyclic) bond motifs is 4. The molecule has 4 rings (SSSR count). The van der Waals surface area contributed by atoms with Crippen molar-refractivity contribution in [2.75, 3.05) is 6.54 Å². The van der Waals surface area contributed by atoms with Gasteiger partial charge in [-0.15, -0.1) is 0 Å². The van der Waals surface area contributed by atoms with E-state index >= 15 is 0 Å². The van der Waals surface area contributed by atoms with Gasteiger partial charge in [-0.3, -0.25) is 9.89 Å². The molecule has 0 amide bonds. The van der Waals surface area contributed by atoms with Crippen LogP contribution in [-0.4, -0.2) is 27.5 Å². The number of nitrogens with one attached hydrogen (secondary N) is 1. The first-order valence-electron chi connectivity index (χ1n) is 8.47. The third-order valence-electron chi connectivity index (χ3n) is 5.05. The Morgan fingerprint density at radius 1 is 1.33 bits per heavy atom. The molecule has 0 spiro atoms. The van der Waals surface area contributed by atoms with Crippen molar-refractivity contribution in [1.82, 2.24) is 14.8 Å². The Kier molecular flexibility index (Phi) is 3.64. The lowest BCUT2D eigenvalue weighted by atomic mass is 9.90. The predicted octanol–water partition coefficient (Wildman–Crippen LogP) is 2.36. The van der Waals surface area contributed by atoms with Gasteiger partial charge in [-0.05, 0) is 55.9 Å². The number of aromatic amines is 1. The van der Waals surface area contributed by atoms with Crippen molar-refractivity contribution in [3.63, 3.8) is 0 Å². The normalized spacial score (nSPS) is 15.8.